The number of benzene rings is 1. The summed E-state index contributed by atoms with van der Waals surface area (Å²) in [5.74, 6) is 1.18. The van der Waals surface area contributed by atoms with E-state index in [0.717, 1.165) is 24.2 Å². The third-order valence-electron chi connectivity index (χ3n) is 3.66. The van der Waals surface area contributed by atoms with Gasteiger partial charge in [0.25, 0.3) is 10.0 Å². The monoisotopic (exact) mass is 363 g/mol. The van der Waals surface area contributed by atoms with Gasteiger partial charge in [-0.25, -0.2) is 13.4 Å². The average molecular weight is 363 g/mol. The molecule has 0 atom stereocenters. The van der Waals surface area contributed by atoms with Crippen molar-refractivity contribution in [1.82, 2.24) is 4.98 Å². The van der Waals surface area contributed by atoms with E-state index in [1.807, 2.05) is 6.92 Å². The van der Waals surface area contributed by atoms with Gasteiger partial charge in [0.15, 0.2) is 0 Å². The van der Waals surface area contributed by atoms with E-state index in [0.29, 0.717) is 11.7 Å². The average Bonchev–Trinajstić information content (AvgIpc) is 2.56. The number of hydrogen-bond donors (Lipinski definition) is 2. The third kappa shape index (κ3) is 5.35. The lowest BCUT2D eigenvalue weighted by Crippen LogP contribution is -2.15. The van der Waals surface area contributed by atoms with E-state index in [1.54, 1.807) is 36.5 Å². The normalized spacial score (nSPS) is 11.4. The Hall–Kier alpha value is -2.28. The molecule has 0 unspecified atom stereocenters. The van der Waals surface area contributed by atoms with E-state index in [9.17, 15) is 8.42 Å². The van der Waals surface area contributed by atoms with Crippen molar-refractivity contribution < 1.29 is 13.2 Å². The Morgan fingerprint density at radius 1 is 1.20 bits per heavy atom. The number of nitrogens with one attached hydrogen (secondary N) is 2. The molecule has 0 fully saturated rings. The molecule has 136 valence electrons. The molecule has 6 nitrogen and oxygen atoms in total. The molecule has 0 saturated carbocycles. The molecular weight excluding hydrogens is 338 g/mol. The standard InChI is InChI=1S/C18H25N3O3S/c1-13(2)9-10-19-15-6-8-18(20-12-15)21-25(22,23)17-11-14(3)5-7-16(17)24-4/h5-8,11-13,19H,9-10H2,1-4H3,(H,20,21). The van der Waals surface area contributed by atoms with Crippen LogP contribution in [-0.2, 0) is 10.0 Å². The van der Waals surface area contributed by atoms with E-state index < -0.39 is 10.0 Å². The van der Waals surface area contributed by atoms with Gasteiger partial charge in [-0.15, -0.1) is 0 Å². The second kappa shape index (κ2) is 8.20. The predicted molar refractivity (Wildman–Crippen MR) is 101 cm³/mol. The van der Waals surface area contributed by atoms with Crippen LogP contribution in [0, 0.1) is 12.8 Å². The first-order valence-corrected chi connectivity index (χ1v) is 9.67. The number of ether oxygens (including phenoxy) is 1. The summed E-state index contributed by atoms with van der Waals surface area (Å²) in [5.41, 5.74) is 1.69. The minimum absolute atomic E-state index is 0.0935. The van der Waals surface area contributed by atoms with Gasteiger partial charge in [0.05, 0.1) is 19.0 Å². The SMILES string of the molecule is COc1ccc(C)cc1S(=O)(=O)Nc1ccc(NCCC(C)C)cn1. The van der Waals surface area contributed by atoms with Crippen molar-refractivity contribution in [2.45, 2.75) is 32.1 Å². The molecule has 0 radical (unpaired) electrons. The zero-order valence-electron chi connectivity index (χ0n) is 15.0. The fourth-order valence-electron chi connectivity index (χ4n) is 2.25. The van der Waals surface area contributed by atoms with Gasteiger partial charge in [-0.05, 0) is 49.1 Å². The summed E-state index contributed by atoms with van der Waals surface area (Å²) in [4.78, 5) is 4.26. The number of methoxy groups -OCH3 is 1. The third-order valence-corrected chi connectivity index (χ3v) is 5.04. The molecule has 0 aliphatic carbocycles. The first kappa shape index (κ1) is 19.1. The molecule has 0 spiro atoms. The zero-order valence-corrected chi connectivity index (χ0v) is 15.9. The Kier molecular flexibility index (Phi) is 6.25. The predicted octanol–water partition coefficient (Wildman–Crippen LogP) is 3.66. The summed E-state index contributed by atoms with van der Waals surface area (Å²) >= 11 is 0. The van der Waals surface area contributed by atoms with Crippen molar-refractivity contribution in [3.63, 3.8) is 0 Å². The van der Waals surface area contributed by atoms with E-state index >= 15 is 0 Å². The summed E-state index contributed by atoms with van der Waals surface area (Å²) in [6.07, 6.45) is 2.67. The quantitative estimate of drug-likeness (QED) is 0.748. The van der Waals surface area contributed by atoms with Crippen LogP contribution in [0.3, 0.4) is 0 Å². The van der Waals surface area contributed by atoms with Gasteiger partial charge in [0.2, 0.25) is 0 Å². The Bertz CT molecular complexity index is 803. The first-order valence-electron chi connectivity index (χ1n) is 8.19. The maximum absolute atomic E-state index is 12.6. The fourth-order valence-corrected chi connectivity index (χ4v) is 3.51. The molecule has 2 aromatic rings. The Morgan fingerprint density at radius 3 is 2.56 bits per heavy atom. The van der Waals surface area contributed by atoms with E-state index in [4.69, 9.17) is 4.74 Å². The van der Waals surface area contributed by atoms with Gasteiger partial charge in [-0.1, -0.05) is 19.9 Å². The minimum atomic E-state index is -3.78. The highest BCUT2D eigenvalue weighted by molar-refractivity contribution is 7.92. The van der Waals surface area contributed by atoms with Crippen molar-refractivity contribution in [3.8, 4) is 5.75 Å². The molecule has 2 N–H and O–H groups in total. The van der Waals surface area contributed by atoms with Crippen molar-refractivity contribution in [2.75, 3.05) is 23.7 Å². The molecule has 2 rings (SSSR count). The molecule has 1 heterocycles. The van der Waals surface area contributed by atoms with E-state index in [2.05, 4.69) is 28.9 Å². The highest BCUT2D eigenvalue weighted by Crippen LogP contribution is 2.26. The van der Waals surface area contributed by atoms with Crippen molar-refractivity contribution >= 4 is 21.5 Å². The lowest BCUT2D eigenvalue weighted by molar-refractivity contribution is 0.402. The number of pyridine rings is 1. The van der Waals surface area contributed by atoms with Crippen LogP contribution >= 0.6 is 0 Å². The number of sulfonamides is 1. The summed E-state index contributed by atoms with van der Waals surface area (Å²) in [6.45, 7) is 7.01. The molecule has 25 heavy (non-hydrogen) atoms. The second-order valence-corrected chi connectivity index (χ2v) is 7.95. The van der Waals surface area contributed by atoms with Gasteiger partial charge in [0, 0.05) is 6.54 Å². The molecule has 1 aromatic carbocycles. The molecule has 0 bridgehead atoms. The highest BCUT2D eigenvalue weighted by atomic mass is 32.2. The number of rotatable bonds is 8. The largest absolute Gasteiger partial charge is 0.495 e. The summed E-state index contributed by atoms with van der Waals surface area (Å²) in [7, 11) is -2.33. The number of aromatic nitrogens is 1. The van der Waals surface area contributed by atoms with Crippen LogP contribution in [0.5, 0.6) is 5.75 Å². The van der Waals surface area contributed by atoms with Crippen molar-refractivity contribution in [2.24, 2.45) is 5.92 Å². The minimum Gasteiger partial charge on any atom is -0.495 e. The van der Waals surface area contributed by atoms with E-state index in [-0.39, 0.29) is 10.7 Å². The fraction of sp³-hybridized carbons (Fsp3) is 0.389. The molecule has 0 aliphatic rings. The Balaban J connectivity index is 2.12. The highest BCUT2D eigenvalue weighted by Gasteiger charge is 2.20. The summed E-state index contributed by atoms with van der Waals surface area (Å²) < 4.78 is 32.9. The molecule has 0 saturated heterocycles. The Morgan fingerprint density at radius 2 is 1.96 bits per heavy atom. The molecule has 1 aromatic heterocycles. The zero-order chi connectivity index (χ0) is 18.4. The smallest absolute Gasteiger partial charge is 0.266 e. The molecule has 0 aliphatic heterocycles. The lowest BCUT2D eigenvalue weighted by atomic mass is 10.1. The molecule has 0 amide bonds. The van der Waals surface area contributed by atoms with Crippen LogP contribution < -0.4 is 14.8 Å². The topological polar surface area (TPSA) is 80.3 Å². The van der Waals surface area contributed by atoms with Gasteiger partial charge in [-0.2, -0.15) is 0 Å². The van der Waals surface area contributed by atoms with Gasteiger partial charge in [0.1, 0.15) is 16.5 Å². The number of hydrogen-bond acceptors (Lipinski definition) is 5. The van der Waals surface area contributed by atoms with Crippen LogP contribution in [0.15, 0.2) is 41.4 Å². The van der Waals surface area contributed by atoms with Crippen LogP contribution in [0.25, 0.3) is 0 Å². The number of aryl methyl sites for hydroxylation is 1. The maximum Gasteiger partial charge on any atom is 0.266 e. The van der Waals surface area contributed by atoms with Crippen LogP contribution in [0.1, 0.15) is 25.8 Å². The molecule has 7 heteroatoms. The van der Waals surface area contributed by atoms with Gasteiger partial charge >= 0.3 is 0 Å². The van der Waals surface area contributed by atoms with Crippen LogP contribution in [0.2, 0.25) is 0 Å². The van der Waals surface area contributed by atoms with Gasteiger partial charge < -0.3 is 10.1 Å². The number of nitrogens with zero attached hydrogens (tertiary/aromatic N) is 1. The maximum atomic E-state index is 12.6. The Labute approximate surface area is 149 Å². The van der Waals surface area contributed by atoms with Crippen molar-refractivity contribution in [3.05, 3.63) is 42.1 Å². The van der Waals surface area contributed by atoms with Crippen LogP contribution in [-0.4, -0.2) is 27.1 Å². The lowest BCUT2D eigenvalue weighted by Gasteiger charge is -2.12. The van der Waals surface area contributed by atoms with Crippen molar-refractivity contribution in [1.29, 1.82) is 0 Å². The van der Waals surface area contributed by atoms with E-state index in [1.165, 1.54) is 7.11 Å². The number of anilines is 2. The summed E-state index contributed by atoms with van der Waals surface area (Å²) in [5, 5.41) is 3.26. The second-order valence-electron chi connectivity index (χ2n) is 6.30. The first-order chi connectivity index (χ1) is 11.8. The van der Waals surface area contributed by atoms with Gasteiger partial charge in [-0.3, -0.25) is 4.72 Å². The molecular formula is C18H25N3O3S. The summed E-state index contributed by atoms with van der Waals surface area (Å²) in [6, 6.07) is 8.45. The van der Waals surface area contributed by atoms with Crippen LogP contribution in [0.4, 0.5) is 11.5 Å².